The molecule has 4 aromatic carbocycles. The van der Waals surface area contributed by atoms with Gasteiger partial charge in [0, 0.05) is 0 Å². The van der Waals surface area contributed by atoms with Crippen LogP contribution in [0, 0.1) is 6.92 Å². The largest absolute Gasteiger partial charge is 0.368 e. The summed E-state index contributed by atoms with van der Waals surface area (Å²) >= 11 is 0. The molecule has 0 spiro atoms. The summed E-state index contributed by atoms with van der Waals surface area (Å²) in [5.41, 5.74) is 3.76. The van der Waals surface area contributed by atoms with Crippen molar-refractivity contribution in [1.82, 2.24) is 0 Å². The van der Waals surface area contributed by atoms with Gasteiger partial charge in [0.2, 0.25) is 0 Å². The molecule has 0 saturated carbocycles. The van der Waals surface area contributed by atoms with E-state index in [4.69, 9.17) is 23.1 Å². The van der Waals surface area contributed by atoms with Crippen LogP contribution in [0.3, 0.4) is 0 Å². The van der Waals surface area contributed by atoms with Crippen molar-refractivity contribution in [2.45, 2.75) is 56.2 Å². The maximum atomic E-state index is 13.5. The highest BCUT2D eigenvalue weighted by molar-refractivity contribution is 7.86. The van der Waals surface area contributed by atoms with Crippen LogP contribution in [-0.2, 0) is 53.1 Å². The number of hydrogen-bond acceptors (Lipinski definition) is 7. The SMILES string of the molecule is Cc1ccc(S(=O)(=O)O[C@H]2[C@H](OCc3ccccc3)OC[C@H](OCc3ccccc3)[C@@H]2OCc2ccccc2)cc1. The van der Waals surface area contributed by atoms with Crippen molar-refractivity contribution in [2.24, 2.45) is 0 Å². The maximum Gasteiger partial charge on any atom is 0.297 e. The molecule has 0 bridgehead atoms. The Morgan fingerprint density at radius 3 is 1.66 bits per heavy atom. The van der Waals surface area contributed by atoms with Gasteiger partial charge < -0.3 is 18.9 Å². The third-order valence-corrected chi connectivity index (χ3v) is 8.11. The van der Waals surface area contributed by atoms with Crippen LogP contribution in [0.2, 0.25) is 0 Å². The number of benzene rings is 4. The van der Waals surface area contributed by atoms with Crippen LogP contribution in [0.4, 0.5) is 0 Å². The average Bonchev–Trinajstić information content (AvgIpc) is 3.00. The van der Waals surface area contributed by atoms with Gasteiger partial charge in [0.25, 0.3) is 10.1 Å². The van der Waals surface area contributed by atoms with Crippen LogP contribution in [0.25, 0.3) is 0 Å². The van der Waals surface area contributed by atoms with E-state index in [0.29, 0.717) is 6.61 Å². The predicted octanol–water partition coefficient (Wildman–Crippen LogP) is 5.81. The lowest BCUT2D eigenvalue weighted by Crippen LogP contribution is -2.57. The van der Waals surface area contributed by atoms with Gasteiger partial charge in [-0.25, -0.2) is 0 Å². The fraction of sp³-hybridized carbons (Fsp3) is 0.273. The van der Waals surface area contributed by atoms with Crippen molar-refractivity contribution in [3.05, 3.63) is 138 Å². The first-order chi connectivity index (χ1) is 20.0. The normalized spacial score (nSPS) is 21.0. The van der Waals surface area contributed by atoms with E-state index in [1.165, 1.54) is 12.1 Å². The molecule has 1 saturated heterocycles. The molecule has 0 radical (unpaired) electrons. The van der Waals surface area contributed by atoms with Crippen LogP contribution in [0.1, 0.15) is 22.3 Å². The summed E-state index contributed by atoms with van der Waals surface area (Å²) < 4.78 is 57.8. The fourth-order valence-electron chi connectivity index (χ4n) is 4.54. The summed E-state index contributed by atoms with van der Waals surface area (Å²) in [6.45, 7) is 2.76. The molecule has 214 valence electrons. The summed E-state index contributed by atoms with van der Waals surface area (Å²) in [7, 11) is -4.19. The number of hydrogen-bond donors (Lipinski definition) is 0. The minimum atomic E-state index is -4.19. The molecular weight excluding hydrogens is 540 g/mol. The third kappa shape index (κ3) is 8.10. The third-order valence-electron chi connectivity index (χ3n) is 6.78. The van der Waals surface area contributed by atoms with Gasteiger partial charge in [0.05, 0.1) is 31.3 Å². The zero-order valence-corrected chi connectivity index (χ0v) is 23.7. The van der Waals surface area contributed by atoms with Gasteiger partial charge in [-0.05, 0) is 35.7 Å². The molecule has 0 unspecified atom stereocenters. The van der Waals surface area contributed by atoms with E-state index < -0.39 is 34.7 Å². The zero-order valence-electron chi connectivity index (χ0n) is 22.9. The van der Waals surface area contributed by atoms with Crippen LogP contribution in [0.15, 0.2) is 120 Å². The van der Waals surface area contributed by atoms with Gasteiger partial charge in [0.1, 0.15) is 12.2 Å². The standard InChI is InChI=1S/C33H34O7S/c1-25-17-19-29(20-18-25)41(34,35)40-32-31(37-22-27-13-7-3-8-14-27)30(36-21-26-11-5-2-6-12-26)24-39-33(32)38-23-28-15-9-4-10-16-28/h2-20,30-33H,21-24H2,1H3/t30-,31-,32+,33+/m0/s1. The smallest absolute Gasteiger partial charge is 0.297 e. The topological polar surface area (TPSA) is 80.3 Å². The van der Waals surface area contributed by atoms with Crippen LogP contribution in [-0.4, -0.2) is 39.6 Å². The Labute approximate surface area is 241 Å². The highest BCUT2D eigenvalue weighted by Gasteiger charge is 2.46. The molecule has 5 rings (SSSR count). The molecule has 0 amide bonds. The average molecular weight is 575 g/mol. The van der Waals surface area contributed by atoms with Crippen molar-refractivity contribution in [1.29, 1.82) is 0 Å². The molecule has 8 heteroatoms. The molecule has 1 fully saturated rings. The van der Waals surface area contributed by atoms with Crippen molar-refractivity contribution in [3.63, 3.8) is 0 Å². The Morgan fingerprint density at radius 1 is 0.634 bits per heavy atom. The van der Waals surface area contributed by atoms with Crippen molar-refractivity contribution in [2.75, 3.05) is 6.61 Å². The van der Waals surface area contributed by atoms with Gasteiger partial charge >= 0.3 is 0 Å². The van der Waals surface area contributed by atoms with E-state index in [9.17, 15) is 8.42 Å². The van der Waals surface area contributed by atoms with Crippen molar-refractivity contribution in [3.8, 4) is 0 Å². The first kappa shape index (κ1) is 29.1. The molecule has 0 aromatic heterocycles. The quantitative estimate of drug-likeness (QED) is 0.198. The molecule has 1 heterocycles. The molecule has 4 atom stereocenters. The molecule has 1 aliphatic heterocycles. The Hall–Kier alpha value is -3.37. The molecule has 0 N–H and O–H groups in total. The van der Waals surface area contributed by atoms with Gasteiger partial charge in [-0.15, -0.1) is 0 Å². The Balaban J connectivity index is 1.43. The number of rotatable bonds is 12. The molecular formula is C33H34O7S. The minimum absolute atomic E-state index is 0.0408. The first-order valence-corrected chi connectivity index (χ1v) is 15.0. The Bertz CT molecular complexity index is 1450. The second-order valence-electron chi connectivity index (χ2n) is 9.92. The predicted molar refractivity (Wildman–Crippen MR) is 154 cm³/mol. The van der Waals surface area contributed by atoms with E-state index in [2.05, 4.69) is 0 Å². The summed E-state index contributed by atoms with van der Waals surface area (Å²) in [6.07, 6.45) is -3.58. The fourth-order valence-corrected chi connectivity index (χ4v) is 5.61. The lowest BCUT2D eigenvalue weighted by atomic mass is 10.0. The van der Waals surface area contributed by atoms with Crippen LogP contribution < -0.4 is 0 Å². The first-order valence-electron chi connectivity index (χ1n) is 13.6. The van der Waals surface area contributed by atoms with Gasteiger partial charge in [-0.1, -0.05) is 109 Å². The van der Waals surface area contributed by atoms with E-state index in [-0.39, 0.29) is 24.7 Å². The van der Waals surface area contributed by atoms with Gasteiger partial charge in [-0.2, -0.15) is 8.42 Å². The van der Waals surface area contributed by atoms with Crippen molar-refractivity contribution >= 4 is 10.1 Å². The summed E-state index contributed by atoms with van der Waals surface area (Å²) in [4.78, 5) is 0.0408. The van der Waals surface area contributed by atoms with E-state index >= 15 is 0 Å². The zero-order chi connectivity index (χ0) is 28.5. The lowest BCUT2D eigenvalue weighted by molar-refractivity contribution is -0.283. The highest BCUT2D eigenvalue weighted by Crippen LogP contribution is 2.30. The van der Waals surface area contributed by atoms with E-state index in [1.807, 2.05) is 97.9 Å². The molecule has 1 aliphatic rings. The van der Waals surface area contributed by atoms with Crippen LogP contribution >= 0.6 is 0 Å². The number of aryl methyl sites for hydroxylation is 1. The van der Waals surface area contributed by atoms with Crippen LogP contribution in [0.5, 0.6) is 0 Å². The summed E-state index contributed by atoms with van der Waals surface area (Å²) in [5, 5.41) is 0. The summed E-state index contributed by atoms with van der Waals surface area (Å²) in [6, 6.07) is 35.5. The lowest BCUT2D eigenvalue weighted by Gasteiger charge is -2.41. The van der Waals surface area contributed by atoms with Gasteiger partial charge in [0.15, 0.2) is 12.4 Å². The van der Waals surface area contributed by atoms with Crippen molar-refractivity contribution < 1.29 is 31.5 Å². The molecule has 41 heavy (non-hydrogen) atoms. The Morgan fingerprint density at radius 2 is 1.12 bits per heavy atom. The molecule has 0 aliphatic carbocycles. The maximum absolute atomic E-state index is 13.5. The number of ether oxygens (including phenoxy) is 4. The van der Waals surface area contributed by atoms with Gasteiger partial charge in [-0.3, -0.25) is 4.18 Å². The monoisotopic (exact) mass is 574 g/mol. The second kappa shape index (κ2) is 14.0. The summed E-state index contributed by atoms with van der Waals surface area (Å²) in [5.74, 6) is 0. The van der Waals surface area contributed by atoms with E-state index in [0.717, 1.165) is 22.3 Å². The second-order valence-corrected chi connectivity index (χ2v) is 11.5. The van der Waals surface area contributed by atoms with E-state index in [1.54, 1.807) is 12.1 Å². The Kier molecular flexibility index (Phi) is 9.95. The highest BCUT2D eigenvalue weighted by atomic mass is 32.2. The molecule has 4 aromatic rings. The minimum Gasteiger partial charge on any atom is -0.368 e. The molecule has 7 nitrogen and oxygen atoms in total.